The number of carbonyl (C=O) groups is 1. The third kappa shape index (κ3) is 2.84. The van der Waals surface area contributed by atoms with Crippen molar-refractivity contribution < 1.29 is 9.53 Å². The number of carbonyl (C=O) groups excluding carboxylic acids is 1. The Balaban J connectivity index is 1.86. The number of ketones is 1. The molecule has 0 atom stereocenters. The molecule has 0 fully saturated rings. The van der Waals surface area contributed by atoms with Crippen molar-refractivity contribution in [2.45, 2.75) is 26.8 Å². The Morgan fingerprint density at radius 3 is 3.00 bits per heavy atom. The van der Waals surface area contributed by atoms with Gasteiger partial charge in [0.1, 0.15) is 5.75 Å². The smallest absolute Gasteiger partial charge is 0.166 e. The quantitative estimate of drug-likeness (QED) is 0.801. The molecule has 0 unspecified atom stereocenters. The third-order valence-corrected chi connectivity index (χ3v) is 3.96. The number of rotatable bonds is 4. The lowest BCUT2D eigenvalue weighted by atomic mass is 10.0. The summed E-state index contributed by atoms with van der Waals surface area (Å²) in [6.45, 7) is 5.20. The molecule has 0 saturated heterocycles. The summed E-state index contributed by atoms with van der Waals surface area (Å²) in [4.78, 5) is 12.0. The van der Waals surface area contributed by atoms with Crippen molar-refractivity contribution in [3.8, 4) is 5.75 Å². The number of benzene rings is 1. The number of hydrogen-bond donors (Lipinski definition) is 0. The summed E-state index contributed by atoms with van der Waals surface area (Å²) in [5.74, 6) is 1.13. The third-order valence-electron chi connectivity index (χ3n) is 3.74. The van der Waals surface area contributed by atoms with E-state index >= 15 is 0 Å². The van der Waals surface area contributed by atoms with Crippen molar-refractivity contribution in [1.82, 2.24) is 4.57 Å². The monoisotopic (exact) mass is 303 g/mol. The van der Waals surface area contributed by atoms with Crippen LogP contribution < -0.4 is 4.74 Å². The van der Waals surface area contributed by atoms with Gasteiger partial charge in [-0.3, -0.25) is 4.79 Å². The number of hydrogen-bond acceptors (Lipinski definition) is 2. The summed E-state index contributed by atoms with van der Waals surface area (Å²) >= 11 is 6.17. The molecule has 0 N–H and O–H groups in total. The molecule has 2 heterocycles. The van der Waals surface area contributed by atoms with E-state index in [9.17, 15) is 4.79 Å². The highest BCUT2D eigenvalue weighted by Crippen LogP contribution is 2.33. The van der Waals surface area contributed by atoms with Crippen LogP contribution in [0.1, 0.15) is 35.3 Å². The van der Waals surface area contributed by atoms with Gasteiger partial charge in [0.2, 0.25) is 0 Å². The summed E-state index contributed by atoms with van der Waals surface area (Å²) < 4.78 is 7.71. The van der Waals surface area contributed by atoms with E-state index in [1.165, 1.54) is 5.56 Å². The molecule has 1 aliphatic rings. The van der Waals surface area contributed by atoms with Crippen LogP contribution in [0.3, 0.4) is 0 Å². The van der Waals surface area contributed by atoms with Crippen molar-refractivity contribution in [1.29, 1.82) is 0 Å². The first kappa shape index (κ1) is 14.2. The first-order valence-corrected chi connectivity index (χ1v) is 7.56. The second-order valence-corrected chi connectivity index (χ2v) is 6.18. The Morgan fingerprint density at radius 1 is 1.43 bits per heavy atom. The van der Waals surface area contributed by atoms with Gasteiger partial charge in [-0.15, -0.1) is 0 Å². The van der Waals surface area contributed by atoms with Gasteiger partial charge in [-0.05, 0) is 23.8 Å². The van der Waals surface area contributed by atoms with Gasteiger partial charge < -0.3 is 9.30 Å². The molecule has 21 heavy (non-hydrogen) atoms. The fourth-order valence-corrected chi connectivity index (χ4v) is 2.94. The first-order chi connectivity index (χ1) is 10.0. The second-order valence-electron chi connectivity index (χ2n) is 5.74. The van der Waals surface area contributed by atoms with E-state index in [1.807, 2.05) is 49.0 Å². The zero-order valence-electron chi connectivity index (χ0n) is 12.2. The van der Waals surface area contributed by atoms with E-state index in [0.29, 0.717) is 13.2 Å². The largest absolute Gasteiger partial charge is 0.493 e. The molecule has 0 spiro atoms. The van der Waals surface area contributed by atoms with Gasteiger partial charge in [-0.1, -0.05) is 25.4 Å². The van der Waals surface area contributed by atoms with Gasteiger partial charge in [0.25, 0.3) is 0 Å². The summed E-state index contributed by atoms with van der Waals surface area (Å²) in [5.41, 5.74) is 2.99. The maximum Gasteiger partial charge on any atom is 0.166 e. The van der Waals surface area contributed by atoms with Gasteiger partial charge in [-0.2, -0.15) is 0 Å². The molecule has 4 heteroatoms. The van der Waals surface area contributed by atoms with Crippen molar-refractivity contribution in [2.75, 3.05) is 6.61 Å². The fraction of sp³-hybridized carbons (Fsp3) is 0.353. The van der Waals surface area contributed by atoms with Crippen LogP contribution in [0, 0.1) is 5.92 Å². The fourth-order valence-electron chi connectivity index (χ4n) is 2.68. The Labute approximate surface area is 129 Å². The van der Waals surface area contributed by atoms with Crippen LogP contribution in [0.4, 0.5) is 0 Å². The predicted molar refractivity (Wildman–Crippen MR) is 83.4 cm³/mol. The molecule has 1 aromatic carbocycles. The number of halogens is 1. The molecule has 3 nitrogen and oxygen atoms in total. The number of aromatic nitrogens is 1. The lowest BCUT2D eigenvalue weighted by Crippen LogP contribution is -2.06. The van der Waals surface area contributed by atoms with Crippen LogP contribution in [0.15, 0.2) is 30.6 Å². The first-order valence-electron chi connectivity index (χ1n) is 7.18. The molecular weight excluding hydrogens is 286 g/mol. The average molecular weight is 304 g/mol. The SMILES string of the molecule is CC(C)C(=O)c1ccn(Cc2cc(Cl)cc3c2OCC3)c1. The lowest BCUT2D eigenvalue weighted by Gasteiger charge is -2.10. The second kappa shape index (κ2) is 5.57. The Morgan fingerprint density at radius 2 is 2.24 bits per heavy atom. The highest BCUT2D eigenvalue weighted by molar-refractivity contribution is 6.30. The Hall–Kier alpha value is -1.74. The summed E-state index contributed by atoms with van der Waals surface area (Å²) in [6.07, 6.45) is 4.73. The number of ether oxygens (including phenoxy) is 1. The minimum atomic E-state index is 0.0135. The standard InChI is InChI=1S/C17H18ClNO2/c1-11(2)16(20)13-3-5-19(9-13)10-14-8-15(18)7-12-4-6-21-17(12)14/h3,5,7-9,11H,4,6,10H2,1-2H3. The van der Waals surface area contributed by atoms with Gasteiger partial charge in [0, 0.05) is 40.9 Å². The van der Waals surface area contributed by atoms with Crippen molar-refractivity contribution in [2.24, 2.45) is 5.92 Å². The number of fused-ring (bicyclic) bond motifs is 1. The maximum atomic E-state index is 12.0. The zero-order chi connectivity index (χ0) is 15.0. The number of Topliss-reactive ketones (excluding diaryl/α,β-unsaturated/α-hetero) is 1. The van der Waals surface area contributed by atoms with Crippen LogP contribution >= 0.6 is 11.6 Å². The van der Waals surface area contributed by atoms with Gasteiger partial charge in [0.05, 0.1) is 13.2 Å². The van der Waals surface area contributed by atoms with Crippen molar-refractivity contribution in [3.63, 3.8) is 0 Å². The Kier molecular flexibility index (Phi) is 3.77. The van der Waals surface area contributed by atoms with Crippen molar-refractivity contribution in [3.05, 3.63) is 52.3 Å². The molecule has 0 radical (unpaired) electrons. The summed E-state index contributed by atoms with van der Waals surface area (Å²) in [7, 11) is 0. The average Bonchev–Trinajstić information content (AvgIpc) is 3.06. The van der Waals surface area contributed by atoms with E-state index in [-0.39, 0.29) is 11.7 Å². The minimum absolute atomic E-state index is 0.0135. The molecule has 110 valence electrons. The molecule has 0 aliphatic carbocycles. The van der Waals surface area contributed by atoms with E-state index < -0.39 is 0 Å². The van der Waals surface area contributed by atoms with E-state index in [1.54, 1.807) is 0 Å². The molecule has 0 amide bonds. The summed E-state index contributed by atoms with van der Waals surface area (Å²) in [6, 6.07) is 5.78. The van der Waals surface area contributed by atoms with E-state index in [4.69, 9.17) is 16.3 Å². The van der Waals surface area contributed by atoms with Gasteiger partial charge >= 0.3 is 0 Å². The highest BCUT2D eigenvalue weighted by atomic mass is 35.5. The van der Waals surface area contributed by atoms with E-state index in [2.05, 4.69) is 0 Å². The molecule has 0 bridgehead atoms. The molecule has 1 aliphatic heterocycles. The normalized spacial score (nSPS) is 13.3. The summed E-state index contributed by atoms with van der Waals surface area (Å²) in [5, 5.41) is 0.736. The number of nitrogens with zero attached hydrogens (tertiary/aromatic N) is 1. The molecule has 1 aromatic heterocycles. The Bertz CT molecular complexity index is 688. The van der Waals surface area contributed by atoms with Crippen LogP contribution in [-0.2, 0) is 13.0 Å². The minimum Gasteiger partial charge on any atom is -0.493 e. The topological polar surface area (TPSA) is 31.2 Å². The zero-order valence-corrected chi connectivity index (χ0v) is 13.0. The van der Waals surface area contributed by atoms with Gasteiger partial charge in [-0.25, -0.2) is 0 Å². The maximum absolute atomic E-state index is 12.0. The molecular formula is C17H18ClNO2. The van der Waals surface area contributed by atoms with Crippen LogP contribution in [0.2, 0.25) is 5.02 Å². The van der Waals surface area contributed by atoms with E-state index in [0.717, 1.165) is 28.3 Å². The lowest BCUT2D eigenvalue weighted by molar-refractivity contribution is 0.0939. The van der Waals surface area contributed by atoms with Crippen molar-refractivity contribution >= 4 is 17.4 Å². The van der Waals surface area contributed by atoms with Crippen LogP contribution in [-0.4, -0.2) is 17.0 Å². The highest BCUT2D eigenvalue weighted by Gasteiger charge is 2.18. The van der Waals surface area contributed by atoms with Crippen LogP contribution in [0.5, 0.6) is 5.75 Å². The molecule has 3 rings (SSSR count). The molecule has 2 aromatic rings. The predicted octanol–water partition coefficient (Wildman–Crippen LogP) is 3.96. The molecule has 0 saturated carbocycles. The van der Waals surface area contributed by atoms with Crippen LogP contribution in [0.25, 0.3) is 0 Å². The van der Waals surface area contributed by atoms with Gasteiger partial charge in [0.15, 0.2) is 5.78 Å².